The Balaban J connectivity index is 4.32. The Bertz CT molecular complexity index is 174. The average molecular weight is 190 g/mol. The molecular formula is C9H20NO3+. The van der Waals surface area contributed by atoms with Crippen LogP contribution < -0.4 is 0 Å². The first-order chi connectivity index (χ1) is 5.79. The normalized spacial score (nSPS) is 16.7. The number of aliphatic hydroxyl groups is 1. The van der Waals surface area contributed by atoms with E-state index in [0.717, 1.165) is 6.42 Å². The quantitative estimate of drug-likeness (QED) is 0.613. The fourth-order valence-corrected chi connectivity index (χ4v) is 1.65. The number of carboxylic acids is 1. The van der Waals surface area contributed by atoms with Crippen molar-refractivity contribution in [3.05, 3.63) is 0 Å². The molecule has 0 fully saturated rings. The molecule has 78 valence electrons. The monoisotopic (exact) mass is 190 g/mol. The zero-order valence-corrected chi connectivity index (χ0v) is 8.82. The van der Waals surface area contributed by atoms with Crippen molar-refractivity contribution < 1.29 is 19.5 Å². The molecule has 2 atom stereocenters. The molecular weight excluding hydrogens is 170 g/mol. The first-order valence-corrected chi connectivity index (χ1v) is 4.50. The molecule has 0 bridgehead atoms. The summed E-state index contributed by atoms with van der Waals surface area (Å²) in [6.45, 7) is 1.96. The van der Waals surface area contributed by atoms with Crippen LogP contribution in [0.4, 0.5) is 0 Å². The highest BCUT2D eigenvalue weighted by molar-refractivity contribution is 5.67. The number of nitrogens with zero attached hydrogens (tertiary/aromatic N) is 1. The van der Waals surface area contributed by atoms with Crippen molar-refractivity contribution >= 4 is 5.97 Å². The van der Waals surface area contributed by atoms with Gasteiger partial charge in [0.05, 0.1) is 27.6 Å². The van der Waals surface area contributed by atoms with E-state index in [0.29, 0.717) is 4.48 Å². The molecule has 0 radical (unpaired) electrons. The van der Waals surface area contributed by atoms with E-state index in [2.05, 4.69) is 0 Å². The van der Waals surface area contributed by atoms with Crippen LogP contribution in [0.3, 0.4) is 0 Å². The molecule has 0 aliphatic rings. The van der Waals surface area contributed by atoms with Crippen molar-refractivity contribution in [3.8, 4) is 0 Å². The Hall–Kier alpha value is -0.610. The standard InChI is InChI=1S/C9H19NO3/c1-5-7(10(2,3)4)8(11)6-9(12)13/h7-8,11H,5-6H2,1-4H3/p+1. The second-order valence-corrected chi connectivity index (χ2v) is 4.26. The molecule has 0 aliphatic carbocycles. The number of quaternary nitrogens is 1. The van der Waals surface area contributed by atoms with Gasteiger partial charge in [-0.25, -0.2) is 0 Å². The van der Waals surface area contributed by atoms with E-state index in [1.165, 1.54) is 0 Å². The summed E-state index contributed by atoms with van der Waals surface area (Å²) in [6.07, 6.45) is -0.158. The number of carboxylic acid groups (broad SMARTS) is 1. The van der Waals surface area contributed by atoms with Crippen LogP contribution in [0.2, 0.25) is 0 Å². The molecule has 0 amide bonds. The highest BCUT2D eigenvalue weighted by Crippen LogP contribution is 2.14. The van der Waals surface area contributed by atoms with Crippen molar-refractivity contribution in [1.82, 2.24) is 0 Å². The number of rotatable bonds is 5. The van der Waals surface area contributed by atoms with Gasteiger partial charge in [0.2, 0.25) is 0 Å². The van der Waals surface area contributed by atoms with Gasteiger partial charge in [0.25, 0.3) is 0 Å². The Morgan fingerprint density at radius 1 is 1.38 bits per heavy atom. The van der Waals surface area contributed by atoms with Crippen LogP contribution in [-0.2, 0) is 4.79 Å². The summed E-state index contributed by atoms with van der Waals surface area (Å²) in [5.41, 5.74) is 0. The Morgan fingerprint density at radius 3 is 2.08 bits per heavy atom. The summed E-state index contributed by atoms with van der Waals surface area (Å²) in [5.74, 6) is -0.945. The van der Waals surface area contributed by atoms with Crippen LogP contribution >= 0.6 is 0 Å². The van der Waals surface area contributed by atoms with Gasteiger partial charge in [-0.05, 0) is 6.42 Å². The van der Waals surface area contributed by atoms with Gasteiger partial charge in [-0.3, -0.25) is 4.79 Å². The maximum atomic E-state index is 10.4. The number of hydrogen-bond acceptors (Lipinski definition) is 2. The maximum Gasteiger partial charge on any atom is 0.306 e. The molecule has 0 aromatic carbocycles. The summed E-state index contributed by atoms with van der Waals surface area (Å²) in [7, 11) is 5.87. The van der Waals surface area contributed by atoms with E-state index in [9.17, 15) is 9.90 Å². The summed E-state index contributed by atoms with van der Waals surface area (Å²) < 4.78 is 0.588. The zero-order valence-electron chi connectivity index (χ0n) is 8.82. The van der Waals surface area contributed by atoms with Crippen LogP contribution in [-0.4, -0.2) is 54.0 Å². The van der Waals surface area contributed by atoms with Gasteiger partial charge in [-0.1, -0.05) is 6.92 Å². The van der Waals surface area contributed by atoms with Gasteiger partial charge in [0, 0.05) is 0 Å². The molecule has 2 unspecified atom stereocenters. The maximum absolute atomic E-state index is 10.4. The summed E-state index contributed by atoms with van der Waals surface area (Å²) >= 11 is 0. The van der Waals surface area contributed by atoms with Crippen LogP contribution in [0.25, 0.3) is 0 Å². The van der Waals surface area contributed by atoms with Gasteiger partial charge in [-0.2, -0.15) is 0 Å². The minimum absolute atomic E-state index is 0.0175. The number of aliphatic hydroxyl groups excluding tert-OH is 1. The molecule has 0 saturated heterocycles. The molecule has 4 nitrogen and oxygen atoms in total. The van der Waals surface area contributed by atoms with E-state index >= 15 is 0 Å². The highest BCUT2D eigenvalue weighted by Gasteiger charge is 2.30. The van der Waals surface area contributed by atoms with Crippen molar-refractivity contribution in [2.24, 2.45) is 0 Å². The van der Waals surface area contributed by atoms with E-state index in [4.69, 9.17) is 5.11 Å². The molecule has 13 heavy (non-hydrogen) atoms. The van der Waals surface area contributed by atoms with E-state index in [1.807, 2.05) is 28.1 Å². The lowest BCUT2D eigenvalue weighted by Crippen LogP contribution is -2.51. The minimum atomic E-state index is -0.945. The third-order valence-corrected chi connectivity index (χ3v) is 2.24. The Labute approximate surface area is 79.4 Å². The van der Waals surface area contributed by atoms with Crippen LogP contribution in [0.1, 0.15) is 19.8 Å². The summed E-state index contributed by atoms with van der Waals surface area (Å²) in [5, 5.41) is 18.1. The van der Waals surface area contributed by atoms with Gasteiger partial charge < -0.3 is 14.7 Å². The third kappa shape index (κ3) is 4.24. The number of hydrogen-bond donors (Lipinski definition) is 2. The predicted octanol–water partition coefficient (Wildman–Crippen LogP) is 0.307. The number of carbonyl (C=O) groups is 1. The van der Waals surface area contributed by atoms with Crippen molar-refractivity contribution in [2.75, 3.05) is 21.1 Å². The van der Waals surface area contributed by atoms with Crippen molar-refractivity contribution in [1.29, 1.82) is 0 Å². The molecule has 0 heterocycles. The Kier molecular flexibility index (Phi) is 4.36. The van der Waals surface area contributed by atoms with E-state index in [-0.39, 0.29) is 12.5 Å². The molecule has 0 aliphatic heterocycles. The molecule has 0 aromatic heterocycles. The van der Waals surface area contributed by atoms with E-state index < -0.39 is 12.1 Å². The first-order valence-electron chi connectivity index (χ1n) is 4.50. The molecule has 4 heteroatoms. The lowest BCUT2D eigenvalue weighted by atomic mass is 10.0. The van der Waals surface area contributed by atoms with Crippen LogP contribution in [0.5, 0.6) is 0 Å². The van der Waals surface area contributed by atoms with Gasteiger partial charge in [0.15, 0.2) is 0 Å². The van der Waals surface area contributed by atoms with Crippen molar-refractivity contribution in [2.45, 2.75) is 31.9 Å². The lowest BCUT2D eigenvalue weighted by Gasteiger charge is -2.36. The van der Waals surface area contributed by atoms with E-state index in [1.54, 1.807) is 0 Å². The fraction of sp³-hybridized carbons (Fsp3) is 0.889. The second-order valence-electron chi connectivity index (χ2n) is 4.26. The number of likely N-dealkylation sites (N-methyl/N-ethyl adjacent to an activating group) is 1. The molecule has 2 N–H and O–H groups in total. The first kappa shape index (κ1) is 12.4. The third-order valence-electron chi connectivity index (χ3n) is 2.24. The minimum Gasteiger partial charge on any atom is -0.481 e. The molecule has 0 saturated carbocycles. The Morgan fingerprint density at radius 2 is 1.85 bits per heavy atom. The number of aliphatic carboxylic acids is 1. The van der Waals surface area contributed by atoms with Gasteiger partial charge in [-0.15, -0.1) is 0 Å². The topological polar surface area (TPSA) is 57.5 Å². The average Bonchev–Trinajstić information content (AvgIpc) is 1.82. The molecule has 0 rings (SSSR count). The predicted molar refractivity (Wildman–Crippen MR) is 50.4 cm³/mol. The largest absolute Gasteiger partial charge is 0.481 e. The van der Waals surface area contributed by atoms with Crippen LogP contribution in [0, 0.1) is 0 Å². The molecule has 0 aromatic rings. The summed E-state index contributed by atoms with van der Waals surface area (Å²) in [6, 6.07) is -0.0175. The lowest BCUT2D eigenvalue weighted by molar-refractivity contribution is -0.900. The summed E-state index contributed by atoms with van der Waals surface area (Å²) in [4.78, 5) is 10.4. The SMILES string of the molecule is CCC(C(O)CC(=O)O)[N+](C)(C)C. The molecule has 0 spiro atoms. The smallest absolute Gasteiger partial charge is 0.306 e. The highest BCUT2D eigenvalue weighted by atomic mass is 16.4. The van der Waals surface area contributed by atoms with Gasteiger partial charge >= 0.3 is 5.97 Å². The second kappa shape index (κ2) is 4.58. The van der Waals surface area contributed by atoms with Crippen molar-refractivity contribution in [3.63, 3.8) is 0 Å². The zero-order chi connectivity index (χ0) is 10.6. The van der Waals surface area contributed by atoms with Gasteiger partial charge in [0.1, 0.15) is 12.1 Å². The fourth-order valence-electron chi connectivity index (χ4n) is 1.65. The van der Waals surface area contributed by atoms with Crippen LogP contribution in [0.15, 0.2) is 0 Å².